The third kappa shape index (κ3) is 2.93. The average Bonchev–Trinajstić information content (AvgIpc) is 2.18. The van der Waals surface area contributed by atoms with Gasteiger partial charge in [0, 0.05) is 0 Å². The van der Waals surface area contributed by atoms with Crippen LogP contribution < -0.4 is 10.5 Å². The molecule has 0 atom stereocenters. The van der Waals surface area contributed by atoms with Crippen LogP contribution in [0.1, 0.15) is 46.0 Å². The summed E-state index contributed by atoms with van der Waals surface area (Å²) in [5, 5.41) is -0.458. The van der Waals surface area contributed by atoms with Crippen molar-refractivity contribution in [3.63, 3.8) is 0 Å². The van der Waals surface area contributed by atoms with Gasteiger partial charge in [0.2, 0.25) is 10.0 Å². The van der Waals surface area contributed by atoms with Gasteiger partial charge in [-0.25, -0.2) is 13.1 Å². The van der Waals surface area contributed by atoms with Crippen LogP contribution in [0, 0.1) is 0 Å². The number of nitrogens with two attached hydrogens (primary N) is 1. The molecule has 0 spiro atoms. The highest BCUT2D eigenvalue weighted by Crippen LogP contribution is 2.29. The van der Waals surface area contributed by atoms with Crippen LogP contribution in [-0.4, -0.2) is 24.2 Å². The van der Waals surface area contributed by atoms with Crippen molar-refractivity contribution in [1.29, 1.82) is 0 Å². The Morgan fingerprint density at radius 2 is 1.81 bits per heavy atom. The fraction of sp³-hybridized carbons (Fsp3) is 0.900. The van der Waals surface area contributed by atoms with E-state index >= 15 is 0 Å². The van der Waals surface area contributed by atoms with E-state index in [9.17, 15) is 8.42 Å². The normalized spacial score (nSPS) is 20.9. The minimum absolute atomic E-state index is 0.274. The first-order valence-corrected chi connectivity index (χ1v) is 7.58. The van der Waals surface area contributed by atoms with Crippen molar-refractivity contribution >= 4 is 27.2 Å². The van der Waals surface area contributed by atoms with E-state index in [1.807, 2.05) is 0 Å². The Bertz CT molecular complexity index is 357. The lowest BCUT2D eigenvalue weighted by Gasteiger charge is -2.37. The fourth-order valence-corrected chi connectivity index (χ4v) is 3.36. The van der Waals surface area contributed by atoms with Gasteiger partial charge in [-0.3, -0.25) is 0 Å². The van der Waals surface area contributed by atoms with E-state index in [4.69, 9.17) is 18.0 Å². The Morgan fingerprint density at radius 3 is 2.19 bits per heavy atom. The standard InChI is InChI=1S/C10H20N2O2S2/c1-8(2)16(13,14)12-10(9(11)15)6-4-3-5-7-10/h8,12H,3-7H2,1-2H3,(H2,11,15). The molecule has 0 amide bonds. The highest BCUT2D eigenvalue weighted by molar-refractivity contribution is 7.90. The smallest absolute Gasteiger partial charge is 0.214 e. The van der Waals surface area contributed by atoms with Crippen molar-refractivity contribution < 1.29 is 8.42 Å². The van der Waals surface area contributed by atoms with Crippen molar-refractivity contribution in [2.75, 3.05) is 0 Å². The zero-order valence-corrected chi connectivity index (χ0v) is 11.5. The van der Waals surface area contributed by atoms with Gasteiger partial charge >= 0.3 is 0 Å². The van der Waals surface area contributed by atoms with Crippen LogP contribution in [0.3, 0.4) is 0 Å². The largest absolute Gasteiger partial charge is 0.392 e. The van der Waals surface area contributed by atoms with Crippen LogP contribution in [-0.2, 0) is 10.0 Å². The molecule has 0 unspecified atom stereocenters. The van der Waals surface area contributed by atoms with E-state index in [1.54, 1.807) is 13.8 Å². The second-order valence-corrected chi connectivity index (χ2v) is 7.38. The molecule has 4 nitrogen and oxygen atoms in total. The molecule has 6 heteroatoms. The second-order valence-electron chi connectivity index (χ2n) is 4.70. The quantitative estimate of drug-likeness (QED) is 0.751. The Labute approximate surface area is 103 Å². The van der Waals surface area contributed by atoms with Crippen LogP contribution in [0.4, 0.5) is 0 Å². The summed E-state index contributed by atoms with van der Waals surface area (Å²) in [5.74, 6) is 0. The number of nitrogens with one attached hydrogen (secondary N) is 1. The van der Waals surface area contributed by atoms with E-state index < -0.39 is 20.8 Å². The van der Waals surface area contributed by atoms with Crippen LogP contribution in [0.5, 0.6) is 0 Å². The average molecular weight is 264 g/mol. The van der Waals surface area contributed by atoms with Gasteiger partial charge in [-0.15, -0.1) is 0 Å². The summed E-state index contributed by atoms with van der Waals surface area (Å²) in [6.45, 7) is 3.30. The van der Waals surface area contributed by atoms with Gasteiger partial charge in [0.1, 0.15) is 0 Å². The van der Waals surface area contributed by atoms with E-state index in [0.29, 0.717) is 12.8 Å². The summed E-state index contributed by atoms with van der Waals surface area (Å²) in [4.78, 5) is 0.274. The van der Waals surface area contributed by atoms with Crippen molar-refractivity contribution in [3.8, 4) is 0 Å². The maximum atomic E-state index is 11.9. The monoisotopic (exact) mass is 264 g/mol. The molecule has 16 heavy (non-hydrogen) atoms. The Kier molecular flexibility index (Phi) is 4.31. The molecule has 0 aromatic rings. The second kappa shape index (κ2) is 4.98. The molecule has 1 fully saturated rings. The van der Waals surface area contributed by atoms with E-state index in [2.05, 4.69) is 4.72 Å². The molecule has 0 saturated heterocycles. The number of sulfonamides is 1. The first-order chi connectivity index (χ1) is 7.30. The van der Waals surface area contributed by atoms with Gasteiger partial charge < -0.3 is 5.73 Å². The zero-order chi connectivity index (χ0) is 12.4. The van der Waals surface area contributed by atoms with Crippen LogP contribution in [0.15, 0.2) is 0 Å². The molecule has 94 valence electrons. The lowest BCUT2D eigenvalue weighted by atomic mass is 9.82. The maximum absolute atomic E-state index is 11.9. The third-order valence-corrected chi connectivity index (χ3v) is 5.44. The van der Waals surface area contributed by atoms with Gasteiger partial charge in [-0.2, -0.15) is 0 Å². The van der Waals surface area contributed by atoms with Crippen molar-refractivity contribution in [3.05, 3.63) is 0 Å². The summed E-state index contributed by atoms with van der Waals surface area (Å²) in [5.41, 5.74) is 5.03. The van der Waals surface area contributed by atoms with Crippen molar-refractivity contribution in [2.45, 2.75) is 56.7 Å². The molecule has 1 aliphatic rings. The van der Waals surface area contributed by atoms with Gasteiger partial charge in [0.25, 0.3) is 0 Å². The molecule has 0 aromatic carbocycles. The molecule has 0 radical (unpaired) electrons. The Hall–Kier alpha value is -0.200. The molecule has 0 heterocycles. The summed E-state index contributed by atoms with van der Waals surface area (Å²) < 4.78 is 26.5. The van der Waals surface area contributed by atoms with Gasteiger partial charge in [-0.05, 0) is 26.7 Å². The molecule has 1 rings (SSSR count). The first kappa shape index (κ1) is 13.9. The summed E-state index contributed by atoms with van der Waals surface area (Å²) in [6, 6.07) is 0. The van der Waals surface area contributed by atoms with Gasteiger partial charge in [-0.1, -0.05) is 31.5 Å². The van der Waals surface area contributed by atoms with Crippen LogP contribution in [0.2, 0.25) is 0 Å². The van der Waals surface area contributed by atoms with Gasteiger partial charge in [0.05, 0.1) is 15.8 Å². The SMILES string of the molecule is CC(C)S(=O)(=O)NC1(C(N)=S)CCCCC1. The lowest BCUT2D eigenvalue weighted by molar-refractivity contribution is 0.352. The molecule has 0 bridgehead atoms. The Morgan fingerprint density at radius 1 is 1.31 bits per heavy atom. The number of hydrogen-bond donors (Lipinski definition) is 2. The third-order valence-electron chi connectivity index (χ3n) is 3.14. The minimum Gasteiger partial charge on any atom is -0.392 e. The maximum Gasteiger partial charge on any atom is 0.214 e. The summed E-state index contributed by atoms with van der Waals surface area (Å²) in [6.07, 6.45) is 4.49. The topological polar surface area (TPSA) is 72.2 Å². The lowest BCUT2D eigenvalue weighted by Crippen LogP contribution is -2.58. The molecular formula is C10H20N2O2S2. The fourth-order valence-electron chi connectivity index (χ4n) is 1.94. The Balaban J connectivity index is 2.92. The number of hydrogen-bond acceptors (Lipinski definition) is 3. The highest BCUT2D eigenvalue weighted by atomic mass is 32.2. The summed E-state index contributed by atoms with van der Waals surface area (Å²) >= 11 is 5.03. The van der Waals surface area contributed by atoms with E-state index in [-0.39, 0.29) is 4.99 Å². The van der Waals surface area contributed by atoms with E-state index in [1.165, 1.54) is 0 Å². The zero-order valence-electron chi connectivity index (χ0n) is 9.82. The molecular weight excluding hydrogens is 244 g/mol. The highest BCUT2D eigenvalue weighted by Gasteiger charge is 2.39. The van der Waals surface area contributed by atoms with Crippen molar-refractivity contribution in [1.82, 2.24) is 4.72 Å². The molecule has 3 N–H and O–H groups in total. The molecule has 0 aliphatic heterocycles. The predicted octanol–water partition coefficient (Wildman–Crippen LogP) is 1.30. The van der Waals surface area contributed by atoms with Gasteiger partial charge in [0.15, 0.2) is 0 Å². The van der Waals surface area contributed by atoms with Crippen molar-refractivity contribution in [2.24, 2.45) is 5.73 Å². The van der Waals surface area contributed by atoms with Crippen LogP contribution >= 0.6 is 12.2 Å². The van der Waals surface area contributed by atoms with E-state index in [0.717, 1.165) is 19.3 Å². The van der Waals surface area contributed by atoms with Crippen LogP contribution in [0.25, 0.3) is 0 Å². The molecule has 0 aromatic heterocycles. The number of rotatable bonds is 4. The minimum atomic E-state index is -3.32. The summed E-state index contributed by atoms with van der Waals surface area (Å²) in [7, 11) is -3.32. The predicted molar refractivity (Wildman–Crippen MR) is 69.8 cm³/mol. The molecule has 1 aliphatic carbocycles. The molecule has 1 saturated carbocycles. The number of thiocarbonyl (C=S) groups is 1. The first-order valence-electron chi connectivity index (χ1n) is 5.63.